The van der Waals surface area contributed by atoms with Crippen LogP contribution in [0.2, 0.25) is 0 Å². The molecule has 3 rings (SSSR count). The predicted molar refractivity (Wildman–Crippen MR) is 89.0 cm³/mol. The number of carbonyl (C=O) groups excluding carboxylic acids is 1. The van der Waals surface area contributed by atoms with Crippen LogP contribution in [0.4, 0.5) is 13.2 Å². The summed E-state index contributed by atoms with van der Waals surface area (Å²) < 4.78 is 35.9. The van der Waals surface area contributed by atoms with Crippen LogP contribution < -0.4 is 5.32 Å². The van der Waals surface area contributed by atoms with E-state index in [9.17, 15) is 18.0 Å². The summed E-state index contributed by atoms with van der Waals surface area (Å²) in [6.45, 7) is 6.97. The van der Waals surface area contributed by atoms with Crippen molar-refractivity contribution >= 4 is 12.2 Å². The number of nitrogens with one attached hydrogen (secondary N) is 1. The van der Waals surface area contributed by atoms with Gasteiger partial charge in [-0.1, -0.05) is 12.7 Å². The van der Waals surface area contributed by atoms with Gasteiger partial charge in [0.25, 0.3) is 0 Å². The van der Waals surface area contributed by atoms with Crippen molar-refractivity contribution in [2.45, 2.75) is 19.6 Å². The highest BCUT2D eigenvalue weighted by Crippen LogP contribution is 2.25. The molecule has 1 aromatic heterocycles. The van der Waals surface area contributed by atoms with Gasteiger partial charge < -0.3 is 5.32 Å². The van der Waals surface area contributed by atoms with E-state index in [-0.39, 0.29) is 6.54 Å². The molecule has 0 unspecified atom stereocenters. The van der Waals surface area contributed by atoms with Crippen molar-refractivity contribution in [2.75, 3.05) is 6.54 Å². The minimum Gasteiger partial charge on any atom is -0.354 e. The summed E-state index contributed by atoms with van der Waals surface area (Å²) in [5.41, 5.74) is 0.408. The maximum absolute atomic E-state index is 12.0. The van der Waals surface area contributed by atoms with Gasteiger partial charge in [-0.05, 0) is 19.1 Å². The number of hydrazone groups is 1. The van der Waals surface area contributed by atoms with Crippen molar-refractivity contribution in [2.24, 2.45) is 5.10 Å². The van der Waals surface area contributed by atoms with E-state index in [1.165, 1.54) is 0 Å². The highest BCUT2D eigenvalue weighted by molar-refractivity contribution is 5.97. The SMILES string of the molecule is C=C1N(CC)N=C2C=CC=CN12.O=CNCc1cnc(C(F)(F)F)nc1. The average Bonchev–Trinajstić information content (AvgIpc) is 2.96. The Morgan fingerprint density at radius 3 is 2.50 bits per heavy atom. The minimum atomic E-state index is -4.53. The first-order valence-electron chi connectivity index (χ1n) is 7.61. The van der Waals surface area contributed by atoms with Crippen molar-refractivity contribution in [3.63, 3.8) is 0 Å². The van der Waals surface area contributed by atoms with E-state index in [2.05, 4.69) is 33.9 Å². The molecule has 0 atom stereocenters. The number of rotatable bonds is 4. The summed E-state index contributed by atoms with van der Waals surface area (Å²) in [4.78, 5) is 18.1. The van der Waals surface area contributed by atoms with Crippen LogP contribution in [0.5, 0.6) is 0 Å². The third-order valence-electron chi connectivity index (χ3n) is 3.29. The summed E-state index contributed by atoms with van der Waals surface area (Å²) in [6.07, 6.45) is 5.84. The molecule has 0 saturated heterocycles. The zero-order chi connectivity index (χ0) is 19.2. The molecular formula is C16H17F3N6O. The van der Waals surface area contributed by atoms with Gasteiger partial charge in [0.1, 0.15) is 5.82 Å². The standard InChI is InChI=1S/C9H11N3.C7H6F3N3O/c1-3-12-8(2)11-7-5-4-6-9(11)10-12;8-7(9,10)6-12-2-5(3-13-6)1-11-4-14/h4-7H,2-3H2,1H3;2-4H,1H2,(H,11,14). The molecule has 1 amide bonds. The van der Waals surface area contributed by atoms with Crippen LogP contribution in [0.3, 0.4) is 0 Å². The Labute approximate surface area is 148 Å². The summed E-state index contributed by atoms with van der Waals surface area (Å²) in [5.74, 6) is 0.685. The lowest BCUT2D eigenvalue weighted by Crippen LogP contribution is -2.22. The smallest absolute Gasteiger partial charge is 0.354 e. The highest BCUT2D eigenvalue weighted by Gasteiger charge is 2.34. The molecule has 26 heavy (non-hydrogen) atoms. The fraction of sp³-hybridized carbons (Fsp3) is 0.250. The summed E-state index contributed by atoms with van der Waals surface area (Å²) >= 11 is 0. The van der Waals surface area contributed by atoms with Crippen LogP contribution in [-0.2, 0) is 17.5 Å². The van der Waals surface area contributed by atoms with Gasteiger partial charge in [0, 0.05) is 37.2 Å². The molecule has 0 bridgehead atoms. The Morgan fingerprint density at radius 2 is 1.96 bits per heavy atom. The third-order valence-corrected chi connectivity index (χ3v) is 3.29. The molecular weight excluding hydrogens is 349 g/mol. The number of alkyl halides is 3. The van der Waals surface area contributed by atoms with E-state index < -0.39 is 12.0 Å². The Kier molecular flexibility index (Phi) is 6.10. The van der Waals surface area contributed by atoms with E-state index in [1.54, 1.807) is 0 Å². The van der Waals surface area contributed by atoms with Crippen LogP contribution >= 0.6 is 0 Å². The quantitative estimate of drug-likeness (QED) is 0.828. The molecule has 0 aliphatic carbocycles. The number of hydrogen-bond acceptors (Lipinski definition) is 6. The maximum Gasteiger partial charge on any atom is 0.451 e. The first-order chi connectivity index (χ1) is 12.4. The van der Waals surface area contributed by atoms with Gasteiger partial charge in [-0.15, -0.1) is 0 Å². The minimum absolute atomic E-state index is 0.113. The lowest BCUT2D eigenvalue weighted by Gasteiger charge is -2.18. The van der Waals surface area contributed by atoms with E-state index in [1.807, 2.05) is 34.3 Å². The normalized spacial score (nSPS) is 15.2. The molecule has 138 valence electrons. The summed E-state index contributed by atoms with van der Waals surface area (Å²) in [7, 11) is 0. The topological polar surface area (TPSA) is 73.7 Å². The van der Waals surface area contributed by atoms with Gasteiger partial charge in [0.05, 0.1) is 0 Å². The van der Waals surface area contributed by atoms with Gasteiger partial charge in [-0.25, -0.2) is 15.0 Å². The largest absolute Gasteiger partial charge is 0.451 e. The molecule has 1 N–H and O–H groups in total. The number of amidine groups is 1. The zero-order valence-corrected chi connectivity index (χ0v) is 13.9. The number of fused-ring (bicyclic) bond motifs is 1. The van der Waals surface area contributed by atoms with Crippen LogP contribution in [0.1, 0.15) is 18.3 Å². The Morgan fingerprint density at radius 1 is 1.27 bits per heavy atom. The molecule has 2 aliphatic heterocycles. The van der Waals surface area contributed by atoms with Gasteiger partial charge in [0.2, 0.25) is 12.2 Å². The number of carbonyl (C=O) groups is 1. The van der Waals surface area contributed by atoms with Crippen molar-refractivity contribution in [1.29, 1.82) is 0 Å². The molecule has 0 spiro atoms. The zero-order valence-electron chi connectivity index (χ0n) is 13.9. The van der Waals surface area contributed by atoms with E-state index in [4.69, 9.17) is 0 Å². The lowest BCUT2D eigenvalue weighted by atomic mass is 10.3. The highest BCUT2D eigenvalue weighted by atomic mass is 19.4. The second-order valence-corrected chi connectivity index (χ2v) is 5.07. The number of aromatic nitrogens is 2. The number of halogens is 3. The fourth-order valence-corrected chi connectivity index (χ4v) is 2.04. The molecule has 2 aliphatic rings. The molecule has 1 aromatic rings. The molecule has 0 fully saturated rings. The molecule has 0 aromatic carbocycles. The number of allylic oxidation sites excluding steroid dienone is 2. The summed E-state index contributed by atoms with van der Waals surface area (Å²) in [6, 6.07) is 0. The number of nitrogens with zero attached hydrogens (tertiary/aromatic N) is 5. The molecule has 3 heterocycles. The fourth-order valence-electron chi connectivity index (χ4n) is 2.04. The third kappa shape index (κ3) is 4.68. The first kappa shape index (κ1) is 19.2. The van der Waals surface area contributed by atoms with Gasteiger partial charge in [-0.2, -0.15) is 18.3 Å². The second-order valence-electron chi connectivity index (χ2n) is 5.07. The van der Waals surface area contributed by atoms with Crippen molar-refractivity contribution < 1.29 is 18.0 Å². The molecule has 0 radical (unpaired) electrons. The Bertz CT molecular complexity index is 739. The van der Waals surface area contributed by atoms with Crippen molar-refractivity contribution in [1.82, 2.24) is 25.2 Å². The van der Waals surface area contributed by atoms with E-state index in [0.717, 1.165) is 30.6 Å². The number of amides is 1. The number of hydrogen-bond donors (Lipinski definition) is 1. The Hall–Kier alpha value is -3.17. The van der Waals surface area contributed by atoms with Crippen LogP contribution in [0, 0.1) is 0 Å². The monoisotopic (exact) mass is 366 g/mol. The van der Waals surface area contributed by atoms with Crippen LogP contribution in [0.15, 0.2) is 54.3 Å². The first-order valence-corrected chi connectivity index (χ1v) is 7.61. The molecule has 7 nitrogen and oxygen atoms in total. The average molecular weight is 366 g/mol. The maximum atomic E-state index is 12.0. The van der Waals surface area contributed by atoms with Crippen molar-refractivity contribution in [3.8, 4) is 0 Å². The predicted octanol–water partition coefficient (Wildman–Crippen LogP) is 2.23. The van der Waals surface area contributed by atoms with Gasteiger partial charge >= 0.3 is 6.18 Å². The lowest BCUT2D eigenvalue weighted by molar-refractivity contribution is -0.145. The van der Waals surface area contributed by atoms with Crippen LogP contribution in [-0.4, -0.2) is 38.7 Å². The van der Waals surface area contributed by atoms with E-state index >= 15 is 0 Å². The molecule has 0 saturated carbocycles. The van der Waals surface area contributed by atoms with Gasteiger partial charge in [0.15, 0.2) is 5.84 Å². The van der Waals surface area contributed by atoms with Crippen molar-refractivity contribution in [3.05, 3.63) is 60.6 Å². The van der Waals surface area contributed by atoms with Crippen LogP contribution in [0.25, 0.3) is 0 Å². The van der Waals surface area contributed by atoms with E-state index in [0.29, 0.717) is 12.0 Å². The second kappa shape index (κ2) is 8.28. The van der Waals surface area contributed by atoms with Gasteiger partial charge in [-0.3, -0.25) is 9.69 Å². The molecule has 10 heteroatoms. The summed E-state index contributed by atoms with van der Waals surface area (Å²) in [5, 5.41) is 8.51. The Balaban J connectivity index is 0.000000189.